The molecule has 116 valence electrons. The van der Waals surface area contributed by atoms with E-state index in [0.717, 1.165) is 36.6 Å². The number of carbonyl (C=O) groups excluding carboxylic acids is 1. The molecule has 7 heteroatoms. The van der Waals surface area contributed by atoms with E-state index in [-0.39, 0.29) is 18.2 Å². The number of carbonyl (C=O) groups is 1. The summed E-state index contributed by atoms with van der Waals surface area (Å²) in [7, 11) is 0. The zero-order chi connectivity index (χ0) is 14.9. The molecular weight excluding hydrogens is 300 g/mol. The molecule has 4 rings (SSSR count). The summed E-state index contributed by atoms with van der Waals surface area (Å²) in [5.74, 6) is -0.0644. The van der Waals surface area contributed by atoms with E-state index in [0.29, 0.717) is 12.2 Å². The maximum absolute atomic E-state index is 12.1. The van der Waals surface area contributed by atoms with Crippen molar-refractivity contribution >= 4 is 17.2 Å². The van der Waals surface area contributed by atoms with Crippen LogP contribution in [0.4, 0.5) is 0 Å². The second kappa shape index (κ2) is 5.83. The van der Waals surface area contributed by atoms with Gasteiger partial charge < -0.3 is 10.1 Å². The molecule has 0 saturated carbocycles. The molecule has 4 heterocycles. The number of nitrogens with one attached hydrogen (secondary N) is 2. The minimum Gasteiger partial charge on any atom is -0.377 e. The topological polar surface area (TPSA) is 68.2 Å². The average molecular weight is 318 g/mol. The summed E-state index contributed by atoms with van der Waals surface area (Å²) in [6.07, 6.45) is 2.47. The number of hydrogen-bond donors (Lipinski definition) is 2. The Labute approximate surface area is 132 Å². The number of nitrogens with zero attached hydrogens (tertiary/aromatic N) is 2. The molecule has 0 aromatic carbocycles. The first-order chi connectivity index (χ1) is 10.8. The van der Waals surface area contributed by atoms with Crippen LogP contribution in [0, 0.1) is 0 Å². The summed E-state index contributed by atoms with van der Waals surface area (Å²) < 4.78 is 7.45. The smallest absolute Gasteiger partial charge is 0.269 e. The highest BCUT2D eigenvalue weighted by Crippen LogP contribution is 2.26. The fourth-order valence-corrected chi connectivity index (χ4v) is 3.63. The third-order valence-corrected chi connectivity index (χ3v) is 4.99. The molecule has 1 amide bonds. The molecule has 0 aliphatic carbocycles. The van der Waals surface area contributed by atoms with Crippen LogP contribution in [0.2, 0.25) is 0 Å². The van der Waals surface area contributed by atoms with Crippen molar-refractivity contribution in [3.8, 4) is 10.6 Å². The van der Waals surface area contributed by atoms with Crippen molar-refractivity contribution in [3.05, 3.63) is 29.3 Å². The summed E-state index contributed by atoms with van der Waals surface area (Å²) in [6.45, 7) is 2.18. The van der Waals surface area contributed by atoms with Gasteiger partial charge in [-0.15, -0.1) is 11.3 Å². The third kappa shape index (κ3) is 2.55. The minimum absolute atomic E-state index is 0.0226. The molecule has 22 heavy (non-hydrogen) atoms. The van der Waals surface area contributed by atoms with E-state index < -0.39 is 0 Å². The average Bonchev–Trinajstić information content (AvgIpc) is 3.26. The van der Waals surface area contributed by atoms with Gasteiger partial charge in [-0.1, -0.05) is 6.07 Å². The van der Waals surface area contributed by atoms with E-state index >= 15 is 0 Å². The second-order valence-electron chi connectivity index (χ2n) is 5.61. The summed E-state index contributed by atoms with van der Waals surface area (Å²) in [6, 6.07) is 5.87. The number of rotatable bonds is 4. The van der Waals surface area contributed by atoms with Crippen molar-refractivity contribution < 1.29 is 9.53 Å². The number of aromatic nitrogens is 2. The third-order valence-electron chi connectivity index (χ3n) is 4.10. The summed E-state index contributed by atoms with van der Waals surface area (Å²) in [5, 5.41) is 13.0. The summed E-state index contributed by atoms with van der Waals surface area (Å²) in [4.78, 5) is 13.1. The lowest BCUT2D eigenvalue weighted by Gasteiger charge is -2.26. The van der Waals surface area contributed by atoms with Crippen LogP contribution in [0.25, 0.3) is 10.6 Å². The Bertz CT molecular complexity index is 661. The Morgan fingerprint density at radius 1 is 1.55 bits per heavy atom. The van der Waals surface area contributed by atoms with Crippen LogP contribution < -0.4 is 10.6 Å². The fraction of sp³-hybridized carbons (Fsp3) is 0.467. The highest BCUT2D eigenvalue weighted by Gasteiger charge is 2.28. The van der Waals surface area contributed by atoms with Crippen molar-refractivity contribution in [1.82, 2.24) is 20.4 Å². The molecule has 2 N–H and O–H groups in total. The highest BCUT2D eigenvalue weighted by atomic mass is 32.1. The van der Waals surface area contributed by atoms with E-state index in [2.05, 4.69) is 15.7 Å². The maximum atomic E-state index is 12.1. The Hall–Kier alpha value is -1.70. The second-order valence-corrected chi connectivity index (χ2v) is 6.55. The van der Waals surface area contributed by atoms with E-state index in [1.165, 1.54) is 0 Å². The van der Waals surface area contributed by atoms with Crippen molar-refractivity contribution in [2.45, 2.75) is 25.1 Å². The lowest BCUT2D eigenvalue weighted by molar-refractivity contribution is 0.0868. The van der Waals surface area contributed by atoms with E-state index in [1.807, 2.05) is 28.3 Å². The first-order valence-corrected chi connectivity index (χ1v) is 8.46. The van der Waals surface area contributed by atoms with Crippen molar-refractivity contribution in [2.75, 3.05) is 19.7 Å². The lowest BCUT2D eigenvalue weighted by atomic mass is 10.2. The molecule has 0 radical (unpaired) electrons. The van der Waals surface area contributed by atoms with Crippen molar-refractivity contribution in [3.63, 3.8) is 0 Å². The van der Waals surface area contributed by atoms with E-state index in [9.17, 15) is 4.79 Å². The first kappa shape index (κ1) is 13.9. The Kier molecular flexibility index (Phi) is 3.69. The Morgan fingerprint density at radius 3 is 3.27 bits per heavy atom. The Morgan fingerprint density at radius 2 is 2.50 bits per heavy atom. The van der Waals surface area contributed by atoms with Gasteiger partial charge in [0, 0.05) is 13.2 Å². The molecule has 2 aliphatic heterocycles. The quantitative estimate of drug-likeness (QED) is 0.899. The monoisotopic (exact) mass is 318 g/mol. The normalized spacial score (nSPS) is 24.3. The largest absolute Gasteiger partial charge is 0.377 e. The molecule has 2 aromatic rings. The number of hydrogen-bond acceptors (Lipinski definition) is 5. The molecule has 1 saturated heterocycles. The van der Waals surface area contributed by atoms with Crippen molar-refractivity contribution in [2.24, 2.45) is 0 Å². The van der Waals surface area contributed by atoms with Crippen LogP contribution >= 0.6 is 11.3 Å². The van der Waals surface area contributed by atoms with Gasteiger partial charge in [-0.2, -0.15) is 5.10 Å². The first-order valence-electron chi connectivity index (χ1n) is 7.58. The van der Waals surface area contributed by atoms with Crippen molar-refractivity contribution in [1.29, 1.82) is 0 Å². The predicted molar refractivity (Wildman–Crippen MR) is 83.9 cm³/mol. The Balaban J connectivity index is 1.56. The molecule has 1 fully saturated rings. The lowest BCUT2D eigenvalue weighted by Crippen LogP contribution is -2.46. The molecule has 6 nitrogen and oxygen atoms in total. The van der Waals surface area contributed by atoms with Gasteiger partial charge in [-0.3, -0.25) is 10.1 Å². The molecular formula is C15H18N4O2S. The van der Waals surface area contributed by atoms with Crippen LogP contribution in [0.5, 0.6) is 0 Å². The zero-order valence-corrected chi connectivity index (χ0v) is 12.9. The summed E-state index contributed by atoms with van der Waals surface area (Å²) in [5.41, 5.74) is 1.46. The molecule has 0 spiro atoms. The van der Waals surface area contributed by atoms with E-state index in [1.54, 1.807) is 11.3 Å². The number of ether oxygens (including phenoxy) is 1. The number of amides is 1. The van der Waals surface area contributed by atoms with Gasteiger partial charge in [0.15, 0.2) is 0 Å². The fourth-order valence-electron chi connectivity index (χ4n) is 2.94. The van der Waals surface area contributed by atoms with Gasteiger partial charge in [-0.25, -0.2) is 4.68 Å². The molecule has 2 aromatic heterocycles. The van der Waals surface area contributed by atoms with Gasteiger partial charge in [0.1, 0.15) is 17.6 Å². The number of thiophene rings is 1. The van der Waals surface area contributed by atoms with Crippen LogP contribution in [0.1, 0.15) is 29.5 Å². The predicted octanol–water partition coefficient (Wildman–Crippen LogP) is 1.62. The van der Waals surface area contributed by atoms with Gasteiger partial charge >= 0.3 is 0 Å². The van der Waals surface area contributed by atoms with Gasteiger partial charge in [0.2, 0.25) is 0 Å². The van der Waals surface area contributed by atoms with E-state index in [4.69, 9.17) is 4.74 Å². The highest BCUT2D eigenvalue weighted by molar-refractivity contribution is 7.13. The molecule has 2 atom stereocenters. The number of fused-ring (bicyclic) bond motifs is 1. The van der Waals surface area contributed by atoms with Crippen LogP contribution in [0.15, 0.2) is 23.6 Å². The standard InChI is InChI=1S/C15H18N4O2S/c20-15-12-7-11(13-4-2-6-22-13)18-19(12)14(9-17-15)16-8-10-3-1-5-21-10/h2,4,6-7,10,14,16H,1,3,5,8-9H2,(H,17,20). The maximum Gasteiger partial charge on any atom is 0.269 e. The SMILES string of the molecule is O=C1NCC(NCC2CCCO2)n2nc(-c3cccs3)cc21. The van der Waals surface area contributed by atoms with Crippen LogP contribution in [-0.4, -0.2) is 41.5 Å². The van der Waals surface area contributed by atoms with Crippen LogP contribution in [-0.2, 0) is 4.74 Å². The molecule has 2 aliphatic rings. The van der Waals surface area contributed by atoms with Gasteiger partial charge in [-0.05, 0) is 30.4 Å². The zero-order valence-electron chi connectivity index (χ0n) is 12.1. The van der Waals surface area contributed by atoms with Crippen LogP contribution in [0.3, 0.4) is 0 Å². The summed E-state index contributed by atoms with van der Waals surface area (Å²) >= 11 is 1.63. The van der Waals surface area contributed by atoms with Gasteiger partial charge in [0.25, 0.3) is 5.91 Å². The minimum atomic E-state index is -0.0644. The molecule has 0 bridgehead atoms. The van der Waals surface area contributed by atoms with Gasteiger partial charge in [0.05, 0.1) is 17.5 Å². The molecule has 2 unspecified atom stereocenters.